The highest BCUT2D eigenvalue weighted by Crippen LogP contribution is 2.31. The fourth-order valence-corrected chi connectivity index (χ4v) is 2.74. The van der Waals surface area contributed by atoms with Crippen LogP contribution in [0.2, 0.25) is 5.02 Å². The molecule has 0 spiro atoms. The van der Waals surface area contributed by atoms with Gasteiger partial charge in [-0.3, -0.25) is 4.79 Å². The lowest BCUT2D eigenvalue weighted by Crippen LogP contribution is -2.38. The molecule has 2 aromatic heterocycles. The zero-order valence-corrected chi connectivity index (χ0v) is 14.8. The largest absolute Gasteiger partial charge is 0.480 e. The number of hydrogen-bond donors (Lipinski definition) is 3. The summed E-state index contributed by atoms with van der Waals surface area (Å²) in [7, 11) is 1.49. The first-order valence-electron chi connectivity index (χ1n) is 7.80. The van der Waals surface area contributed by atoms with Crippen LogP contribution in [0.1, 0.15) is 5.69 Å². The summed E-state index contributed by atoms with van der Waals surface area (Å²) in [6.45, 7) is -0.0490. The molecular weight excluding hydrogens is 382 g/mol. The average Bonchev–Trinajstić information content (AvgIpc) is 3.06. The number of halogens is 3. The van der Waals surface area contributed by atoms with E-state index in [4.69, 9.17) is 21.4 Å². The Balaban J connectivity index is 1.82. The summed E-state index contributed by atoms with van der Waals surface area (Å²) in [6, 6.07) is 5.21. The number of amides is 1. The maximum atomic E-state index is 12.3. The summed E-state index contributed by atoms with van der Waals surface area (Å²) >= 11 is 6.33. The van der Waals surface area contributed by atoms with E-state index >= 15 is 0 Å². The zero-order valence-electron chi connectivity index (χ0n) is 14.0. The summed E-state index contributed by atoms with van der Waals surface area (Å²) in [5.41, 5.74) is 2.47. The van der Waals surface area contributed by atoms with Gasteiger partial charge in [-0.2, -0.15) is 0 Å². The van der Waals surface area contributed by atoms with Gasteiger partial charge in [-0.05, 0) is 18.2 Å². The molecule has 0 saturated carbocycles. The summed E-state index contributed by atoms with van der Waals surface area (Å²) in [6.07, 6.45) is -2.50. The normalized spacial score (nSPS) is 12.4. The van der Waals surface area contributed by atoms with Gasteiger partial charge in [-0.25, -0.2) is 18.7 Å². The molecule has 3 N–H and O–H groups in total. The molecular formula is C17H15ClF2N4O3. The van der Waals surface area contributed by atoms with Crippen molar-refractivity contribution in [3.05, 3.63) is 41.3 Å². The summed E-state index contributed by atoms with van der Waals surface area (Å²) in [5, 5.41) is 12.5. The predicted octanol–water partition coefficient (Wildman–Crippen LogP) is 2.53. The quantitative estimate of drug-likeness (QED) is 0.594. The zero-order chi connectivity index (χ0) is 19.6. The van der Waals surface area contributed by atoms with Crippen molar-refractivity contribution in [3.63, 3.8) is 0 Å². The van der Waals surface area contributed by atoms with Gasteiger partial charge in [0.1, 0.15) is 0 Å². The number of aromatic amines is 1. The molecule has 0 saturated heterocycles. The van der Waals surface area contributed by atoms with Gasteiger partial charge in [-0.15, -0.1) is 0 Å². The third-order valence-corrected chi connectivity index (χ3v) is 4.15. The van der Waals surface area contributed by atoms with Crippen LogP contribution in [0, 0.1) is 0 Å². The van der Waals surface area contributed by atoms with E-state index in [0.717, 1.165) is 5.39 Å². The lowest BCUT2D eigenvalue weighted by Gasteiger charge is -2.09. The number of fused-ring (bicyclic) bond motifs is 1. The SMILES string of the molecule is COc1cnc(-c2cc3[nH]c(CNC(=O)[C@H](O)C(F)F)cc3cc2Cl)cn1. The molecule has 27 heavy (non-hydrogen) atoms. The van der Waals surface area contributed by atoms with Crippen LogP contribution in [-0.2, 0) is 11.3 Å². The second-order valence-electron chi connectivity index (χ2n) is 5.65. The number of benzene rings is 1. The van der Waals surface area contributed by atoms with Gasteiger partial charge in [0, 0.05) is 22.2 Å². The Labute approximate surface area is 157 Å². The average molecular weight is 397 g/mol. The van der Waals surface area contributed by atoms with Gasteiger partial charge < -0.3 is 20.1 Å². The number of rotatable bonds is 6. The van der Waals surface area contributed by atoms with Crippen molar-refractivity contribution in [2.45, 2.75) is 19.1 Å². The van der Waals surface area contributed by atoms with E-state index in [0.29, 0.717) is 33.4 Å². The van der Waals surface area contributed by atoms with E-state index in [2.05, 4.69) is 20.3 Å². The molecule has 1 atom stereocenters. The molecule has 3 rings (SSSR count). The molecule has 2 heterocycles. The van der Waals surface area contributed by atoms with Crippen LogP contribution < -0.4 is 10.1 Å². The van der Waals surface area contributed by atoms with Crippen LogP contribution in [-0.4, -0.2) is 45.6 Å². The summed E-state index contributed by atoms with van der Waals surface area (Å²) in [5.74, 6) is -0.768. The fraction of sp³-hybridized carbons (Fsp3) is 0.235. The van der Waals surface area contributed by atoms with Crippen LogP contribution in [0.3, 0.4) is 0 Å². The Morgan fingerprint density at radius 3 is 2.74 bits per heavy atom. The van der Waals surface area contributed by atoms with Gasteiger partial charge in [0.25, 0.3) is 12.3 Å². The van der Waals surface area contributed by atoms with Crippen LogP contribution in [0.15, 0.2) is 30.6 Å². The third kappa shape index (κ3) is 4.15. The highest BCUT2D eigenvalue weighted by Gasteiger charge is 2.25. The van der Waals surface area contributed by atoms with Crippen molar-refractivity contribution in [3.8, 4) is 17.1 Å². The van der Waals surface area contributed by atoms with Crippen molar-refractivity contribution in [1.29, 1.82) is 0 Å². The fourth-order valence-electron chi connectivity index (χ4n) is 2.47. The number of aliphatic hydroxyl groups is 1. The Kier molecular flexibility index (Phi) is 5.52. The first kappa shape index (κ1) is 19.0. The number of alkyl halides is 2. The van der Waals surface area contributed by atoms with Gasteiger partial charge in [0.2, 0.25) is 5.88 Å². The highest BCUT2D eigenvalue weighted by molar-refractivity contribution is 6.34. The first-order chi connectivity index (χ1) is 12.9. The number of carbonyl (C=O) groups excluding carboxylic acids is 1. The molecule has 1 amide bonds. The monoisotopic (exact) mass is 396 g/mol. The van der Waals surface area contributed by atoms with E-state index in [1.54, 1.807) is 18.2 Å². The standard InChI is InChI=1S/C17H15ClF2N4O3/c1-27-14-7-21-13(6-22-14)10-4-12-8(3-11(10)18)2-9(24-12)5-23-17(26)15(25)16(19)20/h2-4,6-7,15-16,24-25H,5H2,1H3,(H,23,26)/t15-/m1/s1. The van der Waals surface area contributed by atoms with Crippen molar-refractivity contribution < 1.29 is 23.4 Å². The Morgan fingerprint density at radius 1 is 1.33 bits per heavy atom. The maximum Gasteiger partial charge on any atom is 0.273 e. The van der Waals surface area contributed by atoms with E-state index in [1.165, 1.54) is 19.5 Å². The van der Waals surface area contributed by atoms with Gasteiger partial charge >= 0.3 is 0 Å². The molecule has 0 unspecified atom stereocenters. The van der Waals surface area contributed by atoms with Crippen molar-refractivity contribution >= 4 is 28.4 Å². The van der Waals surface area contributed by atoms with Crippen molar-refractivity contribution in [2.75, 3.05) is 7.11 Å². The number of H-pyrrole nitrogens is 1. The molecule has 0 fully saturated rings. The minimum Gasteiger partial charge on any atom is -0.480 e. The third-order valence-electron chi connectivity index (χ3n) is 3.84. The number of nitrogens with zero attached hydrogens (tertiary/aromatic N) is 2. The molecule has 0 bridgehead atoms. The molecule has 3 aromatic rings. The predicted molar refractivity (Wildman–Crippen MR) is 94.7 cm³/mol. The minimum absolute atomic E-state index is 0.0490. The maximum absolute atomic E-state index is 12.3. The van der Waals surface area contributed by atoms with Gasteiger partial charge in [-0.1, -0.05) is 11.6 Å². The Morgan fingerprint density at radius 2 is 2.11 bits per heavy atom. The number of carbonyl (C=O) groups is 1. The first-order valence-corrected chi connectivity index (χ1v) is 8.18. The molecule has 1 aromatic carbocycles. The summed E-state index contributed by atoms with van der Waals surface area (Å²) in [4.78, 5) is 22.8. The van der Waals surface area contributed by atoms with E-state index in [-0.39, 0.29) is 6.54 Å². The van der Waals surface area contributed by atoms with Gasteiger partial charge in [0.05, 0.1) is 36.8 Å². The van der Waals surface area contributed by atoms with Crippen LogP contribution >= 0.6 is 11.6 Å². The Bertz CT molecular complexity index is 963. The number of nitrogens with one attached hydrogen (secondary N) is 2. The molecule has 0 aliphatic heterocycles. The minimum atomic E-state index is -3.14. The number of hydrogen-bond acceptors (Lipinski definition) is 5. The highest BCUT2D eigenvalue weighted by atomic mass is 35.5. The van der Waals surface area contributed by atoms with Gasteiger partial charge in [0.15, 0.2) is 6.10 Å². The van der Waals surface area contributed by atoms with Crippen LogP contribution in [0.5, 0.6) is 5.88 Å². The molecule has 10 heteroatoms. The number of methoxy groups -OCH3 is 1. The molecule has 7 nitrogen and oxygen atoms in total. The van der Waals surface area contributed by atoms with Crippen LogP contribution in [0.4, 0.5) is 8.78 Å². The lowest BCUT2D eigenvalue weighted by molar-refractivity contribution is -0.137. The van der Waals surface area contributed by atoms with Crippen molar-refractivity contribution in [2.24, 2.45) is 0 Å². The summed E-state index contributed by atoms with van der Waals surface area (Å²) < 4.78 is 29.6. The van der Waals surface area contributed by atoms with E-state index < -0.39 is 18.4 Å². The molecule has 0 aliphatic rings. The van der Waals surface area contributed by atoms with E-state index in [1.807, 2.05) is 0 Å². The Hall–Kier alpha value is -2.78. The molecule has 0 aliphatic carbocycles. The second-order valence-corrected chi connectivity index (χ2v) is 6.06. The number of ether oxygens (including phenoxy) is 1. The van der Waals surface area contributed by atoms with Crippen LogP contribution in [0.25, 0.3) is 22.2 Å². The van der Waals surface area contributed by atoms with Crippen molar-refractivity contribution in [1.82, 2.24) is 20.3 Å². The lowest BCUT2D eigenvalue weighted by atomic mass is 10.1. The topological polar surface area (TPSA) is 100 Å². The van der Waals surface area contributed by atoms with E-state index in [9.17, 15) is 13.6 Å². The molecule has 142 valence electrons. The second kappa shape index (κ2) is 7.85. The smallest absolute Gasteiger partial charge is 0.273 e. The number of aliphatic hydroxyl groups excluding tert-OH is 1. The molecule has 0 radical (unpaired) electrons. The number of aromatic nitrogens is 3.